The van der Waals surface area contributed by atoms with Gasteiger partial charge in [-0.2, -0.15) is 13.2 Å². The molecule has 3 aromatic rings. The Hall–Kier alpha value is -3.14. The van der Waals surface area contributed by atoms with Crippen molar-refractivity contribution in [3.8, 4) is 0 Å². The number of nitrogens with zero attached hydrogens (tertiary/aromatic N) is 3. The standard InChI is InChI=1S/C21H23F3N6O/c1-12-14(4-3-5-16(12)21(22,23)24)13(2)28-18-15-10-17(30-8-6-25-7-9-30)20(31)29-19(15)27-11-26-18/h3-5,10-11,13,25H,6-9H2,1-2H3,(H2,26,27,28,29,31)/t13-/m1/s1. The Balaban J connectivity index is 1.71. The maximum atomic E-state index is 13.3. The van der Waals surface area contributed by atoms with Gasteiger partial charge in [0.1, 0.15) is 23.5 Å². The summed E-state index contributed by atoms with van der Waals surface area (Å²) >= 11 is 0. The van der Waals surface area contributed by atoms with Crippen molar-refractivity contribution in [1.82, 2.24) is 20.3 Å². The quantitative estimate of drug-likeness (QED) is 0.587. The van der Waals surface area contributed by atoms with Crippen LogP contribution >= 0.6 is 0 Å². The summed E-state index contributed by atoms with van der Waals surface area (Å²) in [6.07, 6.45) is -3.10. The Labute approximate surface area is 176 Å². The number of aromatic amines is 1. The van der Waals surface area contributed by atoms with Crippen LogP contribution < -0.4 is 21.1 Å². The van der Waals surface area contributed by atoms with E-state index in [1.807, 2.05) is 4.90 Å². The van der Waals surface area contributed by atoms with Crippen LogP contribution in [-0.4, -0.2) is 41.1 Å². The molecule has 1 saturated heterocycles. The van der Waals surface area contributed by atoms with E-state index in [1.54, 1.807) is 19.1 Å². The van der Waals surface area contributed by atoms with Gasteiger partial charge >= 0.3 is 6.18 Å². The van der Waals surface area contributed by atoms with Gasteiger partial charge < -0.3 is 20.5 Å². The predicted octanol–water partition coefficient (Wildman–Crippen LogP) is 3.23. The fraction of sp³-hybridized carbons (Fsp3) is 0.381. The lowest BCUT2D eigenvalue weighted by atomic mass is 9.97. The first-order valence-electron chi connectivity index (χ1n) is 10.0. The first-order chi connectivity index (χ1) is 14.8. The summed E-state index contributed by atoms with van der Waals surface area (Å²) in [5, 5.41) is 7.05. The number of rotatable bonds is 4. The summed E-state index contributed by atoms with van der Waals surface area (Å²) in [6, 6.07) is 5.44. The van der Waals surface area contributed by atoms with Gasteiger partial charge in [0.05, 0.1) is 17.0 Å². The number of benzene rings is 1. The fourth-order valence-electron chi connectivity index (χ4n) is 3.97. The predicted molar refractivity (Wildman–Crippen MR) is 113 cm³/mol. The van der Waals surface area contributed by atoms with E-state index in [0.717, 1.165) is 19.2 Å². The zero-order valence-electron chi connectivity index (χ0n) is 17.2. The Morgan fingerprint density at radius 3 is 2.65 bits per heavy atom. The fourth-order valence-corrected chi connectivity index (χ4v) is 3.97. The molecule has 0 spiro atoms. The zero-order valence-corrected chi connectivity index (χ0v) is 17.2. The molecule has 1 atom stereocenters. The third-order valence-electron chi connectivity index (χ3n) is 5.59. The van der Waals surface area contributed by atoms with Crippen molar-refractivity contribution >= 4 is 22.5 Å². The summed E-state index contributed by atoms with van der Waals surface area (Å²) in [5.74, 6) is 0.446. The molecule has 10 heteroatoms. The minimum atomic E-state index is -4.42. The molecule has 2 aromatic heterocycles. The highest BCUT2D eigenvalue weighted by molar-refractivity contribution is 5.88. The molecule has 7 nitrogen and oxygen atoms in total. The Kier molecular flexibility index (Phi) is 5.57. The van der Waals surface area contributed by atoms with Crippen LogP contribution in [0.3, 0.4) is 0 Å². The van der Waals surface area contributed by atoms with Crippen LogP contribution in [0.5, 0.6) is 0 Å². The van der Waals surface area contributed by atoms with Crippen molar-refractivity contribution in [3.63, 3.8) is 0 Å². The molecule has 0 saturated carbocycles. The first kappa shape index (κ1) is 21.1. The van der Waals surface area contributed by atoms with Crippen LogP contribution in [0.1, 0.15) is 29.7 Å². The van der Waals surface area contributed by atoms with Gasteiger partial charge in [0.15, 0.2) is 0 Å². The normalized spacial score (nSPS) is 15.8. The van der Waals surface area contributed by atoms with Gasteiger partial charge in [0.2, 0.25) is 0 Å². The number of nitrogens with one attached hydrogen (secondary N) is 3. The summed E-state index contributed by atoms with van der Waals surface area (Å²) in [7, 11) is 0. The third-order valence-corrected chi connectivity index (χ3v) is 5.59. The Morgan fingerprint density at radius 1 is 1.19 bits per heavy atom. The highest BCUT2D eigenvalue weighted by Gasteiger charge is 2.33. The summed E-state index contributed by atoms with van der Waals surface area (Å²) in [6.45, 7) is 6.20. The van der Waals surface area contributed by atoms with E-state index in [2.05, 4.69) is 25.6 Å². The third kappa shape index (κ3) is 4.20. The molecular weight excluding hydrogens is 409 g/mol. The van der Waals surface area contributed by atoms with Crippen LogP contribution in [0.2, 0.25) is 0 Å². The lowest BCUT2D eigenvalue weighted by Crippen LogP contribution is -2.45. The SMILES string of the molecule is Cc1c([C@@H](C)Nc2ncnc3[nH]c(=O)c(N4CCNCC4)cc23)cccc1C(F)(F)F. The molecule has 4 rings (SSSR count). The molecule has 1 fully saturated rings. The molecular formula is C21H23F3N6O. The monoisotopic (exact) mass is 432 g/mol. The van der Waals surface area contributed by atoms with Gasteiger partial charge in [0.25, 0.3) is 5.56 Å². The Bertz CT molecular complexity index is 1150. The maximum absolute atomic E-state index is 13.3. The number of anilines is 2. The van der Waals surface area contributed by atoms with E-state index in [9.17, 15) is 18.0 Å². The number of fused-ring (bicyclic) bond motifs is 1. The van der Waals surface area contributed by atoms with Crippen molar-refractivity contribution in [3.05, 3.63) is 57.6 Å². The van der Waals surface area contributed by atoms with Crippen molar-refractivity contribution in [1.29, 1.82) is 0 Å². The number of aromatic nitrogens is 3. The van der Waals surface area contributed by atoms with Crippen molar-refractivity contribution in [2.24, 2.45) is 0 Å². The molecule has 1 aliphatic rings. The van der Waals surface area contributed by atoms with Crippen molar-refractivity contribution in [2.45, 2.75) is 26.1 Å². The maximum Gasteiger partial charge on any atom is 0.416 e. The molecule has 3 heterocycles. The number of halogens is 3. The largest absolute Gasteiger partial charge is 0.416 e. The molecule has 164 valence electrons. The molecule has 1 aromatic carbocycles. The number of alkyl halides is 3. The molecule has 0 bridgehead atoms. The first-order valence-corrected chi connectivity index (χ1v) is 10.0. The van der Waals surface area contributed by atoms with Gasteiger partial charge in [-0.3, -0.25) is 4.79 Å². The van der Waals surface area contributed by atoms with Gasteiger partial charge in [0, 0.05) is 26.2 Å². The summed E-state index contributed by atoms with van der Waals surface area (Å²) in [5.41, 5.74) is 0.693. The second-order valence-corrected chi connectivity index (χ2v) is 7.59. The minimum Gasteiger partial charge on any atom is -0.365 e. The van der Waals surface area contributed by atoms with Crippen LogP contribution in [0.15, 0.2) is 35.4 Å². The molecule has 0 unspecified atom stereocenters. The number of H-pyrrole nitrogens is 1. The van der Waals surface area contributed by atoms with E-state index in [0.29, 0.717) is 41.2 Å². The number of hydrogen-bond donors (Lipinski definition) is 3. The van der Waals surface area contributed by atoms with E-state index < -0.39 is 17.8 Å². The van der Waals surface area contributed by atoms with Gasteiger partial charge in [-0.15, -0.1) is 0 Å². The summed E-state index contributed by atoms with van der Waals surface area (Å²) < 4.78 is 39.9. The van der Waals surface area contributed by atoms with Gasteiger partial charge in [-0.25, -0.2) is 9.97 Å². The highest BCUT2D eigenvalue weighted by Crippen LogP contribution is 2.35. The molecule has 1 aliphatic heterocycles. The molecule has 0 radical (unpaired) electrons. The van der Waals surface area contributed by atoms with E-state index in [-0.39, 0.29) is 11.1 Å². The molecule has 0 amide bonds. The van der Waals surface area contributed by atoms with Crippen LogP contribution in [0, 0.1) is 6.92 Å². The van der Waals surface area contributed by atoms with Crippen LogP contribution in [-0.2, 0) is 6.18 Å². The molecule has 31 heavy (non-hydrogen) atoms. The molecule has 3 N–H and O–H groups in total. The molecule has 0 aliphatic carbocycles. The van der Waals surface area contributed by atoms with Crippen molar-refractivity contribution in [2.75, 3.05) is 36.4 Å². The minimum absolute atomic E-state index is 0.170. The summed E-state index contributed by atoms with van der Waals surface area (Å²) in [4.78, 5) is 25.8. The smallest absolute Gasteiger partial charge is 0.365 e. The second kappa shape index (κ2) is 8.18. The zero-order chi connectivity index (χ0) is 22.2. The average molecular weight is 432 g/mol. The van der Waals surface area contributed by atoms with Crippen molar-refractivity contribution < 1.29 is 13.2 Å². The van der Waals surface area contributed by atoms with E-state index in [1.165, 1.54) is 19.3 Å². The van der Waals surface area contributed by atoms with Crippen LogP contribution in [0.25, 0.3) is 11.0 Å². The second-order valence-electron chi connectivity index (χ2n) is 7.59. The van der Waals surface area contributed by atoms with Gasteiger partial charge in [-0.05, 0) is 37.1 Å². The lowest BCUT2D eigenvalue weighted by Gasteiger charge is -2.28. The average Bonchev–Trinajstić information content (AvgIpc) is 2.73. The number of piperazine rings is 1. The lowest BCUT2D eigenvalue weighted by molar-refractivity contribution is -0.138. The Morgan fingerprint density at radius 2 is 1.94 bits per heavy atom. The topological polar surface area (TPSA) is 85.9 Å². The number of pyridine rings is 1. The number of hydrogen-bond acceptors (Lipinski definition) is 6. The highest BCUT2D eigenvalue weighted by atomic mass is 19.4. The van der Waals surface area contributed by atoms with Gasteiger partial charge in [-0.1, -0.05) is 12.1 Å². The van der Waals surface area contributed by atoms with Crippen LogP contribution in [0.4, 0.5) is 24.7 Å². The van der Waals surface area contributed by atoms with E-state index in [4.69, 9.17) is 0 Å². The van der Waals surface area contributed by atoms with E-state index >= 15 is 0 Å².